The van der Waals surface area contributed by atoms with Gasteiger partial charge in [0.25, 0.3) is 5.91 Å². The molecule has 2 N–H and O–H groups in total. The van der Waals surface area contributed by atoms with E-state index in [1.165, 1.54) is 0 Å². The first-order valence-corrected chi connectivity index (χ1v) is 7.14. The Hall–Kier alpha value is -2.14. The molecule has 2 aromatic rings. The highest BCUT2D eigenvalue weighted by molar-refractivity contribution is 9.10. The van der Waals surface area contributed by atoms with Crippen molar-refractivity contribution in [2.24, 2.45) is 0 Å². The van der Waals surface area contributed by atoms with Gasteiger partial charge in [-0.2, -0.15) is 0 Å². The summed E-state index contributed by atoms with van der Waals surface area (Å²) in [6.07, 6.45) is -0.0716. The van der Waals surface area contributed by atoms with Gasteiger partial charge in [0.05, 0.1) is 12.0 Å². The van der Waals surface area contributed by atoms with Crippen LogP contribution in [0.1, 0.15) is 21.5 Å². The van der Waals surface area contributed by atoms with Crippen LogP contribution in [0.3, 0.4) is 0 Å². The number of carboxylic acids is 1. The third kappa shape index (κ3) is 3.92. The molecule has 0 bridgehead atoms. The Kier molecular flexibility index (Phi) is 4.75. The summed E-state index contributed by atoms with van der Waals surface area (Å²) in [7, 11) is 0. The topological polar surface area (TPSA) is 66.4 Å². The van der Waals surface area contributed by atoms with E-state index >= 15 is 0 Å². The van der Waals surface area contributed by atoms with E-state index < -0.39 is 5.97 Å². The lowest BCUT2D eigenvalue weighted by molar-refractivity contribution is -0.136. The number of anilines is 1. The van der Waals surface area contributed by atoms with Crippen LogP contribution >= 0.6 is 15.9 Å². The Labute approximate surface area is 130 Å². The molecule has 4 nitrogen and oxygen atoms in total. The van der Waals surface area contributed by atoms with Gasteiger partial charge in [-0.1, -0.05) is 24.3 Å². The summed E-state index contributed by atoms with van der Waals surface area (Å²) in [5.41, 5.74) is 2.73. The normalized spacial score (nSPS) is 10.2. The highest BCUT2D eigenvalue weighted by Crippen LogP contribution is 2.22. The maximum absolute atomic E-state index is 12.3. The third-order valence-corrected chi connectivity index (χ3v) is 4.03. The number of hydrogen-bond donors (Lipinski definition) is 2. The van der Waals surface area contributed by atoms with Crippen LogP contribution in [0.15, 0.2) is 46.9 Å². The molecule has 0 aliphatic heterocycles. The molecule has 0 aromatic heterocycles. The van der Waals surface area contributed by atoms with E-state index in [4.69, 9.17) is 5.11 Å². The van der Waals surface area contributed by atoms with Gasteiger partial charge in [-0.25, -0.2) is 0 Å². The largest absolute Gasteiger partial charge is 0.481 e. The molecule has 0 unspecified atom stereocenters. The quantitative estimate of drug-likeness (QED) is 0.887. The van der Waals surface area contributed by atoms with Crippen molar-refractivity contribution in [2.45, 2.75) is 13.3 Å². The fourth-order valence-corrected chi connectivity index (χ4v) is 2.40. The van der Waals surface area contributed by atoms with Crippen LogP contribution in [0.25, 0.3) is 0 Å². The SMILES string of the molecule is Cc1cccc(C(=O)Nc2cccc(CC(=O)O)c2)c1Br. The van der Waals surface area contributed by atoms with Crippen molar-refractivity contribution in [1.29, 1.82) is 0 Å². The van der Waals surface area contributed by atoms with Crippen LogP contribution in [0.2, 0.25) is 0 Å². The second kappa shape index (κ2) is 6.54. The minimum atomic E-state index is -0.903. The molecular weight excluding hydrogens is 334 g/mol. The van der Waals surface area contributed by atoms with Crippen molar-refractivity contribution in [3.63, 3.8) is 0 Å². The van der Waals surface area contributed by atoms with E-state index in [2.05, 4.69) is 21.2 Å². The molecule has 0 aliphatic carbocycles. The summed E-state index contributed by atoms with van der Waals surface area (Å²) in [4.78, 5) is 23.0. The number of nitrogens with one attached hydrogen (secondary N) is 1. The standard InChI is InChI=1S/C16H14BrNO3/c1-10-4-2-7-13(15(10)17)16(21)18-12-6-3-5-11(8-12)9-14(19)20/h2-8H,9H2,1H3,(H,18,21)(H,19,20). The van der Waals surface area contributed by atoms with Gasteiger partial charge in [0.1, 0.15) is 0 Å². The minimum Gasteiger partial charge on any atom is -0.481 e. The molecule has 5 heteroatoms. The molecule has 0 saturated carbocycles. The van der Waals surface area contributed by atoms with Crippen molar-refractivity contribution in [3.05, 3.63) is 63.6 Å². The summed E-state index contributed by atoms with van der Waals surface area (Å²) in [5, 5.41) is 11.6. The second-order valence-electron chi connectivity index (χ2n) is 4.66. The average Bonchev–Trinajstić information content (AvgIpc) is 2.41. The predicted molar refractivity (Wildman–Crippen MR) is 84.6 cm³/mol. The molecule has 0 saturated heterocycles. The summed E-state index contributed by atoms with van der Waals surface area (Å²) in [6.45, 7) is 1.91. The number of halogens is 1. The van der Waals surface area contributed by atoms with Crippen molar-refractivity contribution in [2.75, 3.05) is 5.32 Å². The van der Waals surface area contributed by atoms with Gasteiger partial charge in [-0.05, 0) is 52.2 Å². The Morgan fingerprint density at radius 2 is 1.90 bits per heavy atom. The molecule has 0 heterocycles. The van der Waals surface area contributed by atoms with Crippen molar-refractivity contribution >= 4 is 33.5 Å². The Bertz CT molecular complexity index is 698. The van der Waals surface area contributed by atoms with Gasteiger partial charge in [0.2, 0.25) is 0 Å². The predicted octanol–water partition coefficient (Wildman–Crippen LogP) is 3.64. The molecule has 0 atom stereocenters. The number of amides is 1. The van der Waals surface area contributed by atoms with Crippen molar-refractivity contribution in [1.82, 2.24) is 0 Å². The van der Waals surface area contributed by atoms with Gasteiger partial charge in [-0.15, -0.1) is 0 Å². The van der Waals surface area contributed by atoms with E-state index in [1.807, 2.05) is 19.1 Å². The number of carboxylic acid groups (broad SMARTS) is 1. The second-order valence-corrected chi connectivity index (χ2v) is 5.45. The number of rotatable bonds is 4. The average molecular weight is 348 g/mol. The van der Waals surface area contributed by atoms with E-state index in [0.717, 1.165) is 10.0 Å². The lowest BCUT2D eigenvalue weighted by Crippen LogP contribution is -2.13. The lowest BCUT2D eigenvalue weighted by atomic mass is 10.1. The van der Waals surface area contributed by atoms with E-state index in [9.17, 15) is 9.59 Å². The molecule has 2 aromatic carbocycles. The van der Waals surface area contributed by atoms with Crippen LogP contribution in [-0.4, -0.2) is 17.0 Å². The molecule has 1 amide bonds. The van der Waals surface area contributed by atoms with Crippen LogP contribution in [0.4, 0.5) is 5.69 Å². The number of aryl methyl sites for hydroxylation is 1. The number of benzene rings is 2. The third-order valence-electron chi connectivity index (χ3n) is 2.98. The maximum atomic E-state index is 12.3. The van der Waals surface area contributed by atoms with E-state index in [-0.39, 0.29) is 12.3 Å². The molecule has 2 rings (SSSR count). The Morgan fingerprint density at radius 3 is 2.62 bits per heavy atom. The number of carbonyl (C=O) groups is 2. The fourth-order valence-electron chi connectivity index (χ4n) is 1.95. The molecule has 0 radical (unpaired) electrons. The minimum absolute atomic E-state index is 0.0716. The molecule has 21 heavy (non-hydrogen) atoms. The molecule has 0 fully saturated rings. The molecular formula is C16H14BrNO3. The van der Waals surface area contributed by atoms with Gasteiger partial charge < -0.3 is 10.4 Å². The first-order valence-electron chi connectivity index (χ1n) is 6.34. The fraction of sp³-hybridized carbons (Fsp3) is 0.125. The van der Waals surface area contributed by atoms with Crippen LogP contribution in [0.5, 0.6) is 0 Å². The molecule has 0 aliphatic rings. The molecule has 108 valence electrons. The van der Waals surface area contributed by atoms with Crippen LogP contribution in [0, 0.1) is 6.92 Å². The smallest absolute Gasteiger partial charge is 0.307 e. The highest BCUT2D eigenvalue weighted by Gasteiger charge is 2.12. The zero-order valence-corrected chi connectivity index (χ0v) is 13.0. The van der Waals surface area contributed by atoms with Crippen LogP contribution < -0.4 is 5.32 Å². The zero-order valence-electron chi connectivity index (χ0n) is 11.4. The maximum Gasteiger partial charge on any atom is 0.307 e. The Morgan fingerprint density at radius 1 is 1.19 bits per heavy atom. The molecule has 0 spiro atoms. The van der Waals surface area contributed by atoms with E-state index in [0.29, 0.717) is 16.8 Å². The van der Waals surface area contributed by atoms with Gasteiger partial charge in [0.15, 0.2) is 0 Å². The van der Waals surface area contributed by atoms with Crippen molar-refractivity contribution < 1.29 is 14.7 Å². The van der Waals surface area contributed by atoms with Gasteiger partial charge >= 0.3 is 5.97 Å². The highest BCUT2D eigenvalue weighted by atomic mass is 79.9. The van der Waals surface area contributed by atoms with Gasteiger partial charge in [-0.3, -0.25) is 9.59 Å². The summed E-state index contributed by atoms with van der Waals surface area (Å²) in [5.74, 6) is -1.14. The Balaban J connectivity index is 2.20. The van der Waals surface area contributed by atoms with E-state index in [1.54, 1.807) is 30.3 Å². The lowest BCUT2D eigenvalue weighted by Gasteiger charge is -2.09. The van der Waals surface area contributed by atoms with Gasteiger partial charge in [0, 0.05) is 10.2 Å². The monoisotopic (exact) mass is 347 g/mol. The zero-order chi connectivity index (χ0) is 15.4. The first-order chi connectivity index (χ1) is 9.97. The number of aliphatic carboxylic acids is 1. The first kappa shape index (κ1) is 15.3. The summed E-state index contributed by atoms with van der Waals surface area (Å²) >= 11 is 3.40. The summed E-state index contributed by atoms with van der Waals surface area (Å²) < 4.78 is 0.754. The van der Waals surface area contributed by atoms with Crippen LogP contribution in [-0.2, 0) is 11.2 Å². The summed E-state index contributed by atoms with van der Waals surface area (Å²) in [6, 6.07) is 12.3. The number of carbonyl (C=O) groups excluding carboxylic acids is 1. The van der Waals surface area contributed by atoms with Crippen molar-refractivity contribution in [3.8, 4) is 0 Å². The number of hydrogen-bond acceptors (Lipinski definition) is 2.